The molecule has 2 heterocycles. The van der Waals surface area contributed by atoms with Gasteiger partial charge in [-0.05, 0) is 36.6 Å². The molecule has 2 aromatic carbocycles. The van der Waals surface area contributed by atoms with Crippen LogP contribution in [0.3, 0.4) is 0 Å². The molecule has 0 radical (unpaired) electrons. The van der Waals surface area contributed by atoms with Gasteiger partial charge in [0.1, 0.15) is 11.9 Å². The third-order valence-corrected chi connectivity index (χ3v) is 6.83. The van der Waals surface area contributed by atoms with Crippen molar-refractivity contribution in [1.82, 2.24) is 14.9 Å². The number of piperidine rings is 1. The van der Waals surface area contributed by atoms with Crippen LogP contribution in [0.15, 0.2) is 60.9 Å². The quantitative estimate of drug-likeness (QED) is 0.358. The topological polar surface area (TPSA) is 84.8 Å². The molecule has 4 rings (SSSR count). The van der Waals surface area contributed by atoms with E-state index in [9.17, 15) is 23.4 Å². The molecule has 1 aromatic heterocycles. The number of halogens is 4. The summed E-state index contributed by atoms with van der Waals surface area (Å²) in [4.78, 5) is 11.6. The van der Waals surface area contributed by atoms with Crippen LogP contribution in [0.4, 0.5) is 29.2 Å². The maximum absolute atomic E-state index is 15.4. The molecule has 3 aromatic rings. The predicted octanol–water partition coefficient (Wildman–Crippen LogP) is 4.07. The van der Waals surface area contributed by atoms with E-state index in [1.54, 1.807) is 11.8 Å². The summed E-state index contributed by atoms with van der Waals surface area (Å²) in [5, 5.41) is 24.6. The molecular weight excluding hydrogens is 502 g/mol. The highest BCUT2D eigenvalue weighted by Crippen LogP contribution is 2.30. The van der Waals surface area contributed by atoms with Crippen LogP contribution in [0.5, 0.6) is 0 Å². The third-order valence-electron chi connectivity index (χ3n) is 6.83. The van der Waals surface area contributed by atoms with Crippen molar-refractivity contribution in [3.8, 4) is 0 Å². The molecule has 0 unspecified atom stereocenters. The van der Waals surface area contributed by atoms with Gasteiger partial charge in [0.05, 0.1) is 11.7 Å². The molecule has 1 fully saturated rings. The van der Waals surface area contributed by atoms with Crippen LogP contribution >= 0.6 is 0 Å². The highest BCUT2D eigenvalue weighted by atomic mass is 19.4. The van der Waals surface area contributed by atoms with Crippen LogP contribution in [0.2, 0.25) is 0 Å². The monoisotopic (exact) mass is 533 g/mol. The number of hydrogen-bond acceptors (Lipinski definition) is 7. The van der Waals surface area contributed by atoms with Gasteiger partial charge in [0.2, 0.25) is 5.82 Å². The Hall–Kier alpha value is -3.28. The zero-order valence-electron chi connectivity index (χ0n) is 21.0. The molecule has 204 valence electrons. The number of benzene rings is 2. The fourth-order valence-electron chi connectivity index (χ4n) is 4.51. The number of nitrogens with zero attached hydrogens (tertiary/aromatic N) is 4. The Morgan fingerprint density at radius 2 is 1.79 bits per heavy atom. The summed E-state index contributed by atoms with van der Waals surface area (Å²) >= 11 is 0. The summed E-state index contributed by atoms with van der Waals surface area (Å²) < 4.78 is 54.0. The first-order valence-electron chi connectivity index (χ1n) is 12.4. The van der Waals surface area contributed by atoms with Crippen LogP contribution in [0.25, 0.3) is 0 Å². The lowest BCUT2D eigenvalue weighted by molar-refractivity contribution is -0.137. The molecular formula is C27H31F4N5O2. The van der Waals surface area contributed by atoms with Gasteiger partial charge in [-0.1, -0.05) is 42.5 Å². The maximum atomic E-state index is 15.4. The van der Waals surface area contributed by atoms with Crippen molar-refractivity contribution in [1.29, 1.82) is 0 Å². The second kappa shape index (κ2) is 11.6. The minimum atomic E-state index is -4.43. The van der Waals surface area contributed by atoms with E-state index in [0.29, 0.717) is 25.2 Å². The zero-order valence-corrected chi connectivity index (χ0v) is 21.0. The molecule has 0 bridgehead atoms. The Labute approximate surface area is 218 Å². The van der Waals surface area contributed by atoms with Crippen LogP contribution in [0.1, 0.15) is 30.0 Å². The standard InChI is InChI=1S/C27H31F4N5O2/c1-2-36(15-20-8-10-21(11-9-20)27(29,30)31)25-23(28)24(33-18-34-25)32-17-26(38)12-13-35(16-22(26)37)14-19-6-4-3-5-7-19/h3-11,18,22,37-38H,2,12-17H2,1H3,(H,32,33,34)/t22-,26-/m0/s1. The van der Waals surface area contributed by atoms with Crippen LogP contribution in [-0.4, -0.2) is 63.0 Å². The van der Waals surface area contributed by atoms with Crippen molar-refractivity contribution in [2.75, 3.05) is 36.4 Å². The van der Waals surface area contributed by atoms with E-state index < -0.39 is 29.3 Å². The van der Waals surface area contributed by atoms with E-state index in [4.69, 9.17) is 0 Å². The summed E-state index contributed by atoms with van der Waals surface area (Å²) in [6, 6.07) is 14.5. The second-order valence-electron chi connectivity index (χ2n) is 9.51. The van der Waals surface area contributed by atoms with Crippen LogP contribution in [0, 0.1) is 5.82 Å². The van der Waals surface area contributed by atoms with Gasteiger partial charge in [0.15, 0.2) is 11.6 Å². The summed E-state index contributed by atoms with van der Waals surface area (Å²) in [6.07, 6.45) is -4.02. The Morgan fingerprint density at radius 1 is 1.08 bits per heavy atom. The normalized spacial score (nSPS) is 20.3. The van der Waals surface area contributed by atoms with E-state index in [1.165, 1.54) is 18.5 Å². The lowest BCUT2D eigenvalue weighted by Crippen LogP contribution is -2.58. The second-order valence-corrected chi connectivity index (χ2v) is 9.51. The fraction of sp³-hybridized carbons (Fsp3) is 0.407. The molecule has 0 saturated carbocycles. The number of likely N-dealkylation sites (tertiary alicyclic amines) is 1. The van der Waals surface area contributed by atoms with Gasteiger partial charge in [0, 0.05) is 39.3 Å². The lowest BCUT2D eigenvalue weighted by Gasteiger charge is -2.42. The highest BCUT2D eigenvalue weighted by molar-refractivity contribution is 5.51. The molecule has 1 aliphatic heterocycles. The summed E-state index contributed by atoms with van der Waals surface area (Å²) in [5.74, 6) is -0.899. The highest BCUT2D eigenvalue weighted by Gasteiger charge is 2.40. The first-order valence-corrected chi connectivity index (χ1v) is 12.4. The van der Waals surface area contributed by atoms with E-state index in [-0.39, 0.29) is 37.7 Å². The molecule has 1 aliphatic rings. The van der Waals surface area contributed by atoms with Gasteiger partial charge in [-0.25, -0.2) is 9.97 Å². The van der Waals surface area contributed by atoms with Gasteiger partial charge in [-0.15, -0.1) is 0 Å². The van der Waals surface area contributed by atoms with Crippen molar-refractivity contribution in [2.45, 2.75) is 44.3 Å². The zero-order chi connectivity index (χ0) is 27.3. The van der Waals surface area contributed by atoms with E-state index in [1.807, 2.05) is 30.3 Å². The molecule has 7 nitrogen and oxygen atoms in total. The number of rotatable bonds is 9. The van der Waals surface area contributed by atoms with Crippen molar-refractivity contribution in [3.05, 3.63) is 83.4 Å². The third kappa shape index (κ3) is 6.58. The molecule has 0 aliphatic carbocycles. The molecule has 1 saturated heterocycles. The Bertz CT molecular complexity index is 1200. The number of aliphatic hydroxyl groups is 2. The minimum absolute atomic E-state index is 0.0184. The van der Waals surface area contributed by atoms with Gasteiger partial charge in [-0.2, -0.15) is 17.6 Å². The van der Waals surface area contributed by atoms with Gasteiger partial charge >= 0.3 is 6.18 Å². The Morgan fingerprint density at radius 3 is 2.42 bits per heavy atom. The molecule has 2 atom stereocenters. The fourth-order valence-corrected chi connectivity index (χ4v) is 4.51. The van der Waals surface area contributed by atoms with E-state index >= 15 is 4.39 Å². The molecule has 11 heteroatoms. The number of aliphatic hydroxyl groups excluding tert-OH is 1. The molecule has 0 spiro atoms. The van der Waals surface area contributed by atoms with Crippen molar-refractivity contribution in [3.63, 3.8) is 0 Å². The summed E-state index contributed by atoms with van der Waals surface area (Å²) in [5.41, 5.74) is -0.562. The number of anilines is 2. The molecule has 38 heavy (non-hydrogen) atoms. The van der Waals surface area contributed by atoms with Crippen molar-refractivity contribution < 1.29 is 27.8 Å². The molecule has 0 amide bonds. The smallest absolute Gasteiger partial charge is 0.389 e. The van der Waals surface area contributed by atoms with E-state index in [2.05, 4.69) is 20.2 Å². The SMILES string of the molecule is CCN(Cc1ccc(C(F)(F)F)cc1)c1ncnc(NC[C@@]2(O)CCN(Cc3ccccc3)C[C@@H]2O)c1F. The maximum Gasteiger partial charge on any atom is 0.416 e. The lowest BCUT2D eigenvalue weighted by atomic mass is 9.88. The van der Waals surface area contributed by atoms with Gasteiger partial charge in [0.25, 0.3) is 0 Å². The summed E-state index contributed by atoms with van der Waals surface area (Å²) in [6.45, 7) is 3.61. The predicted molar refractivity (Wildman–Crippen MR) is 136 cm³/mol. The first kappa shape index (κ1) is 27.7. The van der Waals surface area contributed by atoms with Crippen molar-refractivity contribution in [2.24, 2.45) is 0 Å². The van der Waals surface area contributed by atoms with Gasteiger partial charge < -0.3 is 20.4 Å². The van der Waals surface area contributed by atoms with Crippen LogP contribution < -0.4 is 10.2 Å². The van der Waals surface area contributed by atoms with E-state index in [0.717, 1.165) is 17.7 Å². The number of nitrogens with one attached hydrogen (secondary N) is 1. The Kier molecular flexibility index (Phi) is 8.49. The van der Waals surface area contributed by atoms with Crippen LogP contribution in [-0.2, 0) is 19.3 Å². The number of β-amino-alcohol motifs (C(OH)–C–C–N with tert-alkyl or cyclic N) is 1. The average Bonchev–Trinajstić information content (AvgIpc) is 2.90. The average molecular weight is 534 g/mol. The Balaban J connectivity index is 1.39. The number of aromatic nitrogens is 2. The largest absolute Gasteiger partial charge is 0.416 e. The van der Waals surface area contributed by atoms with Gasteiger partial charge in [-0.3, -0.25) is 4.90 Å². The number of hydrogen-bond donors (Lipinski definition) is 3. The summed E-state index contributed by atoms with van der Waals surface area (Å²) in [7, 11) is 0. The molecule has 3 N–H and O–H groups in total. The minimum Gasteiger partial charge on any atom is -0.389 e. The van der Waals surface area contributed by atoms with Crippen molar-refractivity contribution >= 4 is 11.6 Å². The first-order chi connectivity index (χ1) is 18.1. The number of alkyl halides is 3.